The van der Waals surface area contributed by atoms with Gasteiger partial charge in [-0.1, -0.05) is 36.7 Å². The van der Waals surface area contributed by atoms with E-state index < -0.39 is 0 Å². The highest BCUT2D eigenvalue weighted by molar-refractivity contribution is 7.21. The molecule has 0 aliphatic heterocycles. The predicted molar refractivity (Wildman–Crippen MR) is 111 cm³/mol. The number of thiophene rings is 1. The highest BCUT2D eigenvalue weighted by Crippen LogP contribution is 2.35. The number of rotatable bonds is 7. The lowest BCUT2D eigenvalue weighted by Crippen LogP contribution is -2.16. The second kappa shape index (κ2) is 8.88. The van der Waals surface area contributed by atoms with Gasteiger partial charge in [-0.3, -0.25) is 4.79 Å². The normalized spacial score (nSPS) is 11.1. The minimum absolute atomic E-state index is 0.340. The molecule has 0 aliphatic rings. The number of nitrogens with zero attached hydrogens (tertiary/aromatic N) is 1. The lowest BCUT2D eigenvalue weighted by Gasteiger charge is -2.10. The Morgan fingerprint density at radius 1 is 1.26 bits per heavy atom. The molecule has 0 atom stereocenters. The smallest absolute Gasteiger partial charge is 0.283 e. The van der Waals surface area contributed by atoms with Crippen molar-refractivity contribution >= 4 is 45.1 Å². The maximum absolute atomic E-state index is 12.4. The van der Waals surface area contributed by atoms with Crippen LogP contribution in [0.3, 0.4) is 0 Å². The first-order valence-corrected chi connectivity index (χ1v) is 9.64. The summed E-state index contributed by atoms with van der Waals surface area (Å²) in [6, 6.07) is 13.1. The van der Waals surface area contributed by atoms with Crippen molar-refractivity contribution in [2.45, 2.75) is 13.3 Å². The van der Waals surface area contributed by atoms with Gasteiger partial charge in [0.1, 0.15) is 4.88 Å². The van der Waals surface area contributed by atoms with Crippen molar-refractivity contribution < 1.29 is 14.3 Å². The highest BCUT2D eigenvalue weighted by Gasteiger charge is 2.16. The summed E-state index contributed by atoms with van der Waals surface area (Å²) in [6.07, 6.45) is 2.46. The van der Waals surface area contributed by atoms with Crippen LogP contribution in [0.25, 0.3) is 10.1 Å². The molecule has 0 aliphatic carbocycles. The summed E-state index contributed by atoms with van der Waals surface area (Å²) < 4.78 is 11.9. The number of carbonyl (C=O) groups excluding carboxylic acids is 1. The van der Waals surface area contributed by atoms with E-state index in [-0.39, 0.29) is 5.91 Å². The Labute approximate surface area is 166 Å². The number of benzene rings is 2. The molecule has 1 amide bonds. The average molecular weight is 403 g/mol. The third-order valence-corrected chi connectivity index (χ3v) is 5.44. The number of nitrogens with one attached hydrogen (secondary N) is 1. The number of halogens is 1. The van der Waals surface area contributed by atoms with E-state index in [1.807, 2.05) is 43.3 Å². The van der Waals surface area contributed by atoms with Gasteiger partial charge in [-0.25, -0.2) is 5.43 Å². The topological polar surface area (TPSA) is 59.9 Å². The second-order valence-electron chi connectivity index (χ2n) is 5.70. The highest BCUT2D eigenvalue weighted by atomic mass is 35.5. The van der Waals surface area contributed by atoms with Crippen molar-refractivity contribution in [2.75, 3.05) is 13.7 Å². The molecule has 1 aromatic heterocycles. The molecule has 3 rings (SSSR count). The standard InChI is InChI=1S/C20H19ClN2O3S/c1-3-10-26-15-9-8-13(11-16(15)25-2)12-22-23-20(24)19-18(21)14-6-4-5-7-17(14)27-19/h4-9,11-12H,3,10H2,1-2H3,(H,23,24)/b22-12+. The van der Waals surface area contributed by atoms with E-state index in [9.17, 15) is 4.79 Å². The third kappa shape index (κ3) is 4.40. The second-order valence-corrected chi connectivity index (χ2v) is 7.13. The Balaban J connectivity index is 1.71. The Hall–Kier alpha value is -2.57. The zero-order valence-electron chi connectivity index (χ0n) is 15.0. The molecule has 140 valence electrons. The van der Waals surface area contributed by atoms with E-state index in [0.717, 1.165) is 22.1 Å². The first kappa shape index (κ1) is 19.2. The van der Waals surface area contributed by atoms with Crippen LogP contribution in [-0.2, 0) is 0 Å². The van der Waals surface area contributed by atoms with Crippen LogP contribution in [0.15, 0.2) is 47.6 Å². The van der Waals surface area contributed by atoms with Gasteiger partial charge in [-0.2, -0.15) is 5.10 Å². The number of hydrogen-bond donors (Lipinski definition) is 1. The van der Waals surface area contributed by atoms with Gasteiger partial charge in [0, 0.05) is 10.1 Å². The molecule has 0 fully saturated rings. The zero-order chi connectivity index (χ0) is 19.2. The molecule has 0 saturated heterocycles. The Morgan fingerprint density at radius 3 is 2.81 bits per heavy atom. The summed E-state index contributed by atoms with van der Waals surface area (Å²) >= 11 is 7.65. The Morgan fingerprint density at radius 2 is 2.07 bits per heavy atom. The van der Waals surface area contributed by atoms with Gasteiger partial charge in [0.25, 0.3) is 5.91 Å². The van der Waals surface area contributed by atoms with Crippen LogP contribution >= 0.6 is 22.9 Å². The quantitative estimate of drug-likeness (QED) is 0.441. The van der Waals surface area contributed by atoms with Crippen LogP contribution in [0.4, 0.5) is 0 Å². The van der Waals surface area contributed by atoms with Gasteiger partial charge in [-0.15, -0.1) is 11.3 Å². The molecule has 0 saturated carbocycles. The number of carbonyl (C=O) groups is 1. The summed E-state index contributed by atoms with van der Waals surface area (Å²) in [5.41, 5.74) is 3.30. The summed E-state index contributed by atoms with van der Waals surface area (Å²) in [4.78, 5) is 12.8. The minimum atomic E-state index is -0.340. The summed E-state index contributed by atoms with van der Waals surface area (Å²) in [6.45, 7) is 2.66. The van der Waals surface area contributed by atoms with Gasteiger partial charge >= 0.3 is 0 Å². The van der Waals surface area contributed by atoms with Crippen LogP contribution in [0.1, 0.15) is 28.6 Å². The van der Waals surface area contributed by atoms with Gasteiger partial charge < -0.3 is 9.47 Å². The summed E-state index contributed by atoms with van der Waals surface area (Å²) in [5.74, 6) is 0.955. The number of methoxy groups -OCH3 is 1. The molecule has 27 heavy (non-hydrogen) atoms. The largest absolute Gasteiger partial charge is 0.493 e. The molecule has 5 nitrogen and oxygen atoms in total. The lowest BCUT2D eigenvalue weighted by atomic mass is 10.2. The number of hydrazone groups is 1. The SMILES string of the molecule is CCCOc1ccc(/C=N/NC(=O)c2sc3ccccc3c2Cl)cc1OC. The summed E-state index contributed by atoms with van der Waals surface area (Å²) in [7, 11) is 1.58. The van der Waals surface area contributed by atoms with Gasteiger partial charge in [0.05, 0.1) is 25.0 Å². The van der Waals surface area contributed by atoms with E-state index in [4.69, 9.17) is 21.1 Å². The molecule has 0 radical (unpaired) electrons. The Kier molecular flexibility index (Phi) is 6.32. The molecule has 7 heteroatoms. The maximum atomic E-state index is 12.4. The lowest BCUT2D eigenvalue weighted by molar-refractivity contribution is 0.0959. The van der Waals surface area contributed by atoms with Crippen molar-refractivity contribution in [2.24, 2.45) is 5.10 Å². The van der Waals surface area contributed by atoms with Crippen LogP contribution in [0, 0.1) is 0 Å². The molecular formula is C20H19ClN2O3S. The van der Waals surface area contributed by atoms with E-state index >= 15 is 0 Å². The predicted octanol–water partition coefficient (Wildman–Crippen LogP) is 5.12. The van der Waals surface area contributed by atoms with Gasteiger partial charge in [-0.05, 0) is 36.2 Å². The molecule has 0 spiro atoms. The molecule has 2 aromatic carbocycles. The van der Waals surface area contributed by atoms with Crippen LogP contribution in [0.5, 0.6) is 11.5 Å². The monoisotopic (exact) mass is 402 g/mol. The van der Waals surface area contributed by atoms with Crippen molar-refractivity contribution in [1.29, 1.82) is 0 Å². The van der Waals surface area contributed by atoms with E-state index in [2.05, 4.69) is 10.5 Å². The number of amides is 1. The first-order valence-electron chi connectivity index (χ1n) is 8.45. The minimum Gasteiger partial charge on any atom is -0.493 e. The number of fused-ring (bicyclic) bond motifs is 1. The maximum Gasteiger partial charge on any atom is 0.283 e. The number of ether oxygens (including phenoxy) is 2. The molecule has 3 aromatic rings. The van der Waals surface area contributed by atoms with E-state index in [1.165, 1.54) is 11.3 Å². The average Bonchev–Trinajstić information content (AvgIpc) is 3.03. The number of hydrogen-bond acceptors (Lipinski definition) is 5. The summed E-state index contributed by atoms with van der Waals surface area (Å²) in [5, 5.41) is 5.34. The van der Waals surface area contributed by atoms with E-state index in [1.54, 1.807) is 19.4 Å². The van der Waals surface area contributed by atoms with Crippen molar-refractivity contribution in [3.05, 3.63) is 57.9 Å². The zero-order valence-corrected chi connectivity index (χ0v) is 16.6. The molecule has 0 bridgehead atoms. The fourth-order valence-corrected chi connectivity index (χ4v) is 3.88. The first-order chi connectivity index (χ1) is 13.1. The van der Waals surface area contributed by atoms with Gasteiger partial charge in [0.2, 0.25) is 0 Å². The van der Waals surface area contributed by atoms with Crippen molar-refractivity contribution in [1.82, 2.24) is 5.43 Å². The van der Waals surface area contributed by atoms with Crippen LogP contribution in [0.2, 0.25) is 5.02 Å². The molecular weight excluding hydrogens is 384 g/mol. The van der Waals surface area contributed by atoms with Crippen molar-refractivity contribution in [3.63, 3.8) is 0 Å². The van der Waals surface area contributed by atoms with Crippen LogP contribution < -0.4 is 14.9 Å². The molecule has 0 unspecified atom stereocenters. The fourth-order valence-electron chi connectivity index (χ4n) is 2.47. The fraction of sp³-hybridized carbons (Fsp3) is 0.200. The van der Waals surface area contributed by atoms with Crippen molar-refractivity contribution in [3.8, 4) is 11.5 Å². The van der Waals surface area contributed by atoms with Crippen LogP contribution in [-0.4, -0.2) is 25.8 Å². The van der Waals surface area contributed by atoms with E-state index in [0.29, 0.717) is 28.0 Å². The molecule has 1 N–H and O–H groups in total. The van der Waals surface area contributed by atoms with Gasteiger partial charge in [0.15, 0.2) is 11.5 Å². The third-order valence-electron chi connectivity index (χ3n) is 3.77. The Bertz CT molecular complexity index is 985. The molecule has 1 heterocycles.